The van der Waals surface area contributed by atoms with Gasteiger partial charge in [-0.1, -0.05) is 13.8 Å². The fraction of sp³-hybridized carbons (Fsp3) is 0.600. The molecule has 2 aliphatic rings. The number of anilines is 1. The summed E-state index contributed by atoms with van der Waals surface area (Å²) < 4.78 is 2.31. The molecule has 1 aliphatic heterocycles. The second-order valence-electron chi connectivity index (χ2n) is 8.08. The molecule has 6 nitrogen and oxygen atoms in total. The van der Waals surface area contributed by atoms with Crippen LogP contribution in [0.1, 0.15) is 73.5 Å². The van der Waals surface area contributed by atoms with E-state index >= 15 is 0 Å². The molecule has 0 amide bonds. The molecule has 0 bridgehead atoms. The molecule has 0 spiro atoms. The van der Waals surface area contributed by atoms with Gasteiger partial charge in [-0.3, -0.25) is 0 Å². The van der Waals surface area contributed by atoms with Crippen molar-refractivity contribution in [2.45, 2.75) is 71.9 Å². The molecular weight excluding hydrogens is 356 g/mol. The zero-order valence-corrected chi connectivity index (χ0v) is 17.3. The summed E-state index contributed by atoms with van der Waals surface area (Å²) in [7, 11) is 0. The van der Waals surface area contributed by atoms with E-state index in [0.29, 0.717) is 5.92 Å². The molecule has 0 fully saturated rings. The Balaban J connectivity index is 1.64. The van der Waals surface area contributed by atoms with E-state index < -0.39 is 0 Å². The van der Waals surface area contributed by atoms with Gasteiger partial charge in [-0.15, -0.1) is 21.5 Å². The molecule has 0 N–H and O–H groups in total. The standard InChI is InChI=1S/C20H26N6S/c1-11(2)17-23-24-18-12(3)25(9-10-26(17)18)19-16-14-7-5-6-8-15(14)27-20(16)22-13(4)21-19/h11-12H,5-10H2,1-4H3. The monoisotopic (exact) mass is 382 g/mol. The Bertz CT molecular complexity index is 1020. The average Bonchev–Trinajstić information content (AvgIpc) is 3.22. The molecule has 0 saturated heterocycles. The van der Waals surface area contributed by atoms with Gasteiger partial charge in [-0.25, -0.2) is 9.97 Å². The largest absolute Gasteiger partial charge is 0.344 e. The SMILES string of the molecule is Cc1nc(N2CCn3c(C(C)C)nnc3C2C)c2c3c(sc2n1)CCCC3. The summed E-state index contributed by atoms with van der Waals surface area (Å²) in [6.07, 6.45) is 4.91. The van der Waals surface area contributed by atoms with E-state index in [4.69, 9.17) is 9.97 Å². The fourth-order valence-electron chi connectivity index (χ4n) is 4.57. The predicted molar refractivity (Wildman–Crippen MR) is 109 cm³/mol. The molecule has 27 heavy (non-hydrogen) atoms. The summed E-state index contributed by atoms with van der Waals surface area (Å²) in [5.74, 6) is 4.50. The van der Waals surface area contributed by atoms with Gasteiger partial charge in [0.1, 0.15) is 22.3 Å². The first-order chi connectivity index (χ1) is 13.0. The van der Waals surface area contributed by atoms with E-state index in [1.54, 1.807) is 0 Å². The third-order valence-electron chi connectivity index (χ3n) is 5.91. The highest BCUT2D eigenvalue weighted by atomic mass is 32.1. The quantitative estimate of drug-likeness (QED) is 0.665. The maximum atomic E-state index is 4.93. The van der Waals surface area contributed by atoms with Gasteiger partial charge in [-0.2, -0.15) is 0 Å². The highest BCUT2D eigenvalue weighted by Crippen LogP contribution is 2.42. The summed E-state index contributed by atoms with van der Waals surface area (Å²) >= 11 is 1.88. The molecular formula is C20H26N6S. The van der Waals surface area contributed by atoms with Crippen LogP contribution in [0.2, 0.25) is 0 Å². The van der Waals surface area contributed by atoms with Gasteiger partial charge in [0.15, 0.2) is 5.82 Å². The van der Waals surface area contributed by atoms with Gasteiger partial charge < -0.3 is 9.47 Å². The second kappa shape index (κ2) is 6.26. The molecule has 1 aliphatic carbocycles. The van der Waals surface area contributed by atoms with Crippen molar-refractivity contribution in [2.24, 2.45) is 0 Å². The molecule has 0 saturated carbocycles. The Labute approximate surface area is 163 Å². The third kappa shape index (κ3) is 2.58. The normalized spacial score (nSPS) is 19.6. The van der Waals surface area contributed by atoms with Crippen molar-refractivity contribution in [1.29, 1.82) is 0 Å². The average molecular weight is 383 g/mol. The second-order valence-corrected chi connectivity index (χ2v) is 9.16. The van der Waals surface area contributed by atoms with Crippen LogP contribution in [0.4, 0.5) is 5.82 Å². The van der Waals surface area contributed by atoms with Crippen molar-refractivity contribution < 1.29 is 0 Å². The maximum Gasteiger partial charge on any atom is 0.155 e. The Kier molecular flexibility index (Phi) is 3.96. The lowest BCUT2D eigenvalue weighted by atomic mass is 9.96. The van der Waals surface area contributed by atoms with E-state index in [1.807, 2.05) is 18.3 Å². The van der Waals surface area contributed by atoms with Crippen LogP contribution in [-0.2, 0) is 19.4 Å². The van der Waals surface area contributed by atoms with Crippen LogP contribution in [0, 0.1) is 6.92 Å². The minimum atomic E-state index is 0.162. The first-order valence-electron chi connectivity index (χ1n) is 10.0. The van der Waals surface area contributed by atoms with Crippen molar-refractivity contribution in [3.8, 4) is 0 Å². The number of hydrogen-bond donors (Lipinski definition) is 0. The summed E-state index contributed by atoms with van der Waals surface area (Å²) in [6, 6.07) is 0.162. The molecule has 0 aromatic carbocycles. The van der Waals surface area contributed by atoms with E-state index in [-0.39, 0.29) is 6.04 Å². The van der Waals surface area contributed by atoms with E-state index in [9.17, 15) is 0 Å². The van der Waals surface area contributed by atoms with Gasteiger partial charge in [0.2, 0.25) is 0 Å². The van der Waals surface area contributed by atoms with Crippen LogP contribution < -0.4 is 4.90 Å². The molecule has 1 atom stereocenters. The summed E-state index contributed by atoms with van der Waals surface area (Å²) in [5, 5.41) is 10.3. The van der Waals surface area contributed by atoms with Gasteiger partial charge in [0.25, 0.3) is 0 Å². The van der Waals surface area contributed by atoms with Crippen molar-refractivity contribution in [2.75, 3.05) is 11.4 Å². The number of hydrogen-bond acceptors (Lipinski definition) is 6. The Morgan fingerprint density at radius 2 is 1.89 bits per heavy atom. The summed E-state index contributed by atoms with van der Waals surface area (Å²) in [6.45, 7) is 10.5. The van der Waals surface area contributed by atoms with Crippen LogP contribution in [0.3, 0.4) is 0 Å². The van der Waals surface area contributed by atoms with Crippen molar-refractivity contribution in [1.82, 2.24) is 24.7 Å². The van der Waals surface area contributed by atoms with Crippen LogP contribution >= 0.6 is 11.3 Å². The number of aromatic nitrogens is 5. The van der Waals surface area contributed by atoms with Crippen LogP contribution in [0.5, 0.6) is 0 Å². The van der Waals surface area contributed by atoms with Gasteiger partial charge >= 0.3 is 0 Å². The molecule has 142 valence electrons. The molecule has 4 heterocycles. The first-order valence-corrected chi connectivity index (χ1v) is 10.8. The highest BCUT2D eigenvalue weighted by molar-refractivity contribution is 7.19. The third-order valence-corrected chi connectivity index (χ3v) is 7.10. The van der Waals surface area contributed by atoms with Crippen LogP contribution in [0.15, 0.2) is 0 Å². The van der Waals surface area contributed by atoms with Gasteiger partial charge in [0, 0.05) is 23.9 Å². The van der Waals surface area contributed by atoms with E-state index in [0.717, 1.165) is 47.6 Å². The lowest BCUT2D eigenvalue weighted by Crippen LogP contribution is -2.38. The zero-order chi connectivity index (χ0) is 18.7. The highest BCUT2D eigenvalue weighted by Gasteiger charge is 2.32. The molecule has 0 radical (unpaired) electrons. The lowest BCUT2D eigenvalue weighted by molar-refractivity contribution is 0.477. The maximum absolute atomic E-state index is 4.93. The van der Waals surface area contributed by atoms with E-state index in [2.05, 4.69) is 40.4 Å². The number of fused-ring (bicyclic) bond motifs is 4. The van der Waals surface area contributed by atoms with Gasteiger partial charge in [-0.05, 0) is 45.1 Å². The minimum absolute atomic E-state index is 0.162. The molecule has 3 aromatic heterocycles. The Morgan fingerprint density at radius 1 is 1.07 bits per heavy atom. The molecule has 3 aromatic rings. The van der Waals surface area contributed by atoms with Crippen molar-refractivity contribution in [3.63, 3.8) is 0 Å². The fourth-order valence-corrected chi connectivity index (χ4v) is 5.87. The summed E-state index contributed by atoms with van der Waals surface area (Å²) in [5.41, 5.74) is 1.50. The number of nitrogens with zero attached hydrogens (tertiary/aromatic N) is 6. The van der Waals surface area contributed by atoms with Crippen LogP contribution in [0.25, 0.3) is 10.2 Å². The number of thiophene rings is 1. The summed E-state index contributed by atoms with van der Waals surface area (Å²) in [4.78, 5) is 14.8. The van der Waals surface area contributed by atoms with Gasteiger partial charge in [0.05, 0.1) is 11.4 Å². The lowest BCUT2D eigenvalue weighted by Gasteiger charge is -2.35. The predicted octanol–water partition coefficient (Wildman–Crippen LogP) is 4.17. The topological polar surface area (TPSA) is 59.7 Å². The Hall–Kier alpha value is -2.02. The van der Waals surface area contributed by atoms with E-state index in [1.165, 1.54) is 35.1 Å². The molecule has 7 heteroatoms. The first kappa shape index (κ1) is 17.1. The zero-order valence-electron chi connectivity index (χ0n) is 16.5. The minimum Gasteiger partial charge on any atom is -0.344 e. The van der Waals surface area contributed by atoms with Crippen LogP contribution in [-0.4, -0.2) is 31.3 Å². The molecule has 1 unspecified atom stereocenters. The van der Waals surface area contributed by atoms with Crippen molar-refractivity contribution in [3.05, 3.63) is 27.9 Å². The smallest absolute Gasteiger partial charge is 0.155 e. The number of aryl methyl sites for hydroxylation is 3. The Morgan fingerprint density at radius 3 is 2.70 bits per heavy atom. The molecule has 5 rings (SSSR count). The number of rotatable bonds is 2. The van der Waals surface area contributed by atoms with Crippen molar-refractivity contribution >= 4 is 27.4 Å².